The van der Waals surface area contributed by atoms with E-state index in [-0.39, 0.29) is 10.8 Å². The van der Waals surface area contributed by atoms with Crippen molar-refractivity contribution in [2.45, 2.75) is 89.6 Å². The first-order valence-corrected chi connectivity index (χ1v) is 21.9. The molecule has 0 bridgehead atoms. The number of anilines is 3. The second kappa shape index (κ2) is 14.8. The van der Waals surface area contributed by atoms with Crippen LogP contribution in [0.2, 0.25) is 0 Å². The van der Waals surface area contributed by atoms with Crippen molar-refractivity contribution in [3.63, 3.8) is 0 Å². The Morgan fingerprint density at radius 3 is 1.73 bits per heavy atom. The van der Waals surface area contributed by atoms with Crippen molar-refractivity contribution in [2.75, 3.05) is 9.80 Å². The van der Waals surface area contributed by atoms with Crippen molar-refractivity contribution in [2.24, 2.45) is 5.92 Å². The monoisotopic (exact) mass is 768 g/mol. The van der Waals surface area contributed by atoms with Gasteiger partial charge in [-0.2, -0.15) is 0 Å². The molecule has 0 spiro atoms. The highest BCUT2D eigenvalue weighted by Gasteiger charge is 2.38. The predicted molar refractivity (Wildman–Crippen MR) is 252 cm³/mol. The van der Waals surface area contributed by atoms with Crippen LogP contribution in [0.5, 0.6) is 0 Å². The first-order chi connectivity index (χ1) is 28.7. The Hall–Kier alpha value is -5.86. The highest BCUT2D eigenvalue weighted by atomic mass is 15.2. The van der Waals surface area contributed by atoms with E-state index in [1.165, 1.54) is 91.2 Å². The number of benzene rings is 5. The molecule has 5 aromatic carbocycles. The molecule has 0 radical (unpaired) electrons. The molecule has 5 aliphatic rings. The van der Waals surface area contributed by atoms with Gasteiger partial charge in [-0.05, 0) is 136 Å². The number of allylic oxidation sites excluding steroid dienone is 7. The van der Waals surface area contributed by atoms with Gasteiger partial charge in [-0.15, -0.1) is 0 Å². The van der Waals surface area contributed by atoms with E-state index in [1.54, 1.807) is 0 Å². The Balaban J connectivity index is 0.924. The van der Waals surface area contributed by atoms with Crippen LogP contribution >= 0.6 is 0 Å². The zero-order valence-corrected chi connectivity index (χ0v) is 35.3. The van der Waals surface area contributed by atoms with Crippen LogP contribution in [0.4, 0.5) is 17.1 Å². The quantitative estimate of drug-likeness (QED) is 0.115. The lowest BCUT2D eigenvalue weighted by atomic mass is 9.81. The van der Waals surface area contributed by atoms with E-state index in [1.807, 2.05) is 0 Å². The molecular formula is C57H56N2. The van der Waals surface area contributed by atoms with Crippen molar-refractivity contribution < 1.29 is 0 Å². The van der Waals surface area contributed by atoms with Crippen LogP contribution in [0.15, 0.2) is 164 Å². The van der Waals surface area contributed by atoms with E-state index < -0.39 is 0 Å². The summed E-state index contributed by atoms with van der Waals surface area (Å²) in [6, 6.07) is 40.2. The molecule has 3 unspecified atom stereocenters. The van der Waals surface area contributed by atoms with Crippen LogP contribution in [0.25, 0.3) is 34.4 Å². The minimum atomic E-state index is -0.124. The van der Waals surface area contributed by atoms with Gasteiger partial charge >= 0.3 is 0 Å². The fourth-order valence-corrected chi connectivity index (χ4v) is 10.6. The third-order valence-corrected chi connectivity index (χ3v) is 13.9. The standard InChI is InChI=1S/C57H56N2/c1-39-21-27-45(28-22-39)59(44-19-13-8-14-20-44)47-30-34-51-49-32-26-41(36-53(49)57(4,5)55(51)38-47)24-23-40-25-31-48-50-33-29-46(37-54(50)56(2,3)52(48)35-40)58(42-15-9-6-10-16-42)43-17-11-7-12-18-43/h6-11,13-17,19,21,23-27,29-39,44-45H,12,18,20,22,28H2,1-5H3/b24-23+. The predicted octanol–water partition coefficient (Wildman–Crippen LogP) is 14.9. The zero-order chi connectivity index (χ0) is 40.3. The average molecular weight is 769 g/mol. The first kappa shape index (κ1) is 37.4. The molecule has 2 nitrogen and oxygen atoms in total. The normalized spacial score (nSPS) is 21.5. The molecule has 5 aliphatic carbocycles. The molecule has 10 rings (SSSR count). The van der Waals surface area contributed by atoms with Gasteiger partial charge in [-0.1, -0.05) is 162 Å². The molecule has 294 valence electrons. The largest absolute Gasteiger partial charge is 0.358 e. The van der Waals surface area contributed by atoms with Crippen LogP contribution in [0.3, 0.4) is 0 Å². The summed E-state index contributed by atoms with van der Waals surface area (Å²) in [7, 11) is 0. The van der Waals surface area contributed by atoms with Gasteiger partial charge in [0.05, 0.1) is 6.04 Å². The molecule has 59 heavy (non-hydrogen) atoms. The second-order valence-electron chi connectivity index (χ2n) is 18.5. The minimum Gasteiger partial charge on any atom is -0.358 e. The van der Waals surface area contributed by atoms with Gasteiger partial charge in [-0.3, -0.25) is 0 Å². The summed E-state index contributed by atoms with van der Waals surface area (Å²) in [6.45, 7) is 12.0. The van der Waals surface area contributed by atoms with E-state index in [0.29, 0.717) is 18.0 Å². The van der Waals surface area contributed by atoms with E-state index in [0.717, 1.165) is 19.3 Å². The van der Waals surface area contributed by atoms with Gasteiger partial charge in [0.15, 0.2) is 0 Å². The van der Waals surface area contributed by atoms with E-state index in [2.05, 4.69) is 214 Å². The summed E-state index contributed by atoms with van der Waals surface area (Å²) in [5.74, 6) is 0.659. The molecular weight excluding hydrogens is 713 g/mol. The topological polar surface area (TPSA) is 6.48 Å². The number of hydrogen-bond donors (Lipinski definition) is 0. The molecule has 0 heterocycles. The lowest BCUT2D eigenvalue weighted by molar-refractivity contribution is 0.496. The van der Waals surface area contributed by atoms with Gasteiger partial charge in [0.2, 0.25) is 0 Å². The van der Waals surface area contributed by atoms with Crippen LogP contribution in [0.1, 0.15) is 100 Å². The van der Waals surface area contributed by atoms with Crippen molar-refractivity contribution in [1.29, 1.82) is 0 Å². The van der Waals surface area contributed by atoms with Gasteiger partial charge < -0.3 is 9.80 Å². The fourth-order valence-electron chi connectivity index (χ4n) is 10.6. The number of rotatable bonds is 8. The van der Waals surface area contributed by atoms with Crippen molar-refractivity contribution in [3.05, 3.63) is 197 Å². The third kappa shape index (κ3) is 6.58. The van der Waals surface area contributed by atoms with Crippen LogP contribution in [0, 0.1) is 5.92 Å². The van der Waals surface area contributed by atoms with E-state index >= 15 is 0 Å². The van der Waals surface area contributed by atoms with Crippen molar-refractivity contribution >= 4 is 29.2 Å². The SMILES string of the molecule is CC1C=CC(N(c2ccc3c(c2)C(C)(C)c2cc(/C=C/c4ccc5c(c4)C(C)(C)c4cc(N(C6=CC=CCC6)c6ccccc6)ccc4-5)ccc2-3)C2C=CC=CC2)CC1. The second-order valence-corrected chi connectivity index (χ2v) is 18.5. The lowest BCUT2D eigenvalue weighted by Crippen LogP contribution is -2.43. The number of para-hydroxylation sites is 1. The maximum atomic E-state index is 2.69. The fraction of sp³-hybridized carbons (Fsp3) is 0.263. The summed E-state index contributed by atoms with van der Waals surface area (Å²) in [4.78, 5) is 5.14. The van der Waals surface area contributed by atoms with Crippen LogP contribution in [-0.4, -0.2) is 12.1 Å². The van der Waals surface area contributed by atoms with Crippen molar-refractivity contribution in [1.82, 2.24) is 0 Å². The van der Waals surface area contributed by atoms with Gasteiger partial charge in [0, 0.05) is 39.6 Å². The summed E-state index contributed by atoms with van der Waals surface area (Å²) >= 11 is 0. The van der Waals surface area contributed by atoms with E-state index in [4.69, 9.17) is 0 Å². The lowest BCUT2D eigenvalue weighted by Gasteiger charge is -2.40. The number of nitrogens with zero attached hydrogens (tertiary/aromatic N) is 2. The zero-order valence-electron chi connectivity index (χ0n) is 35.3. The molecule has 0 aliphatic heterocycles. The molecule has 5 aromatic rings. The van der Waals surface area contributed by atoms with Gasteiger partial charge in [0.25, 0.3) is 0 Å². The molecule has 0 fully saturated rings. The molecule has 0 N–H and O–H groups in total. The summed E-state index contributed by atoms with van der Waals surface area (Å²) < 4.78 is 0. The Morgan fingerprint density at radius 2 is 1.15 bits per heavy atom. The average Bonchev–Trinajstić information content (AvgIpc) is 3.63. The maximum Gasteiger partial charge on any atom is 0.0516 e. The summed E-state index contributed by atoms with van der Waals surface area (Å²) in [5.41, 5.74) is 18.4. The Kier molecular flexibility index (Phi) is 9.36. The highest BCUT2D eigenvalue weighted by Crippen LogP contribution is 2.52. The highest BCUT2D eigenvalue weighted by molar-refractivity contribution is 5.87. The Bertz CT molecular complexity index is 2620. The first-order valence-electron chi connectivity index (χ1n) is 21.9. The Labute approximate surface area is 352 Å². The van der Waals surface area contributed by atoms with Crippen molar-refractivity contribution in [3.8, 4) is 22.3 Å². The molecule has 0 amide bonds. The molecule has 0 aromatic heterocycles. The smallest absolute Gasteiger partial charge is 0.0516 e. The minimum absolute atomic E-state index is 0.0992. The molecule has 3 atom stereocenters. The van der Waals surface area contributed by atoms with Crippen LogP contribution in [-0.2, 0) is 10.8 Å². The Morgan fingerprint density at radius 1 is 0.542 bits per heavy atom. The van der Waals surface area contributed by atoms with Gasteiger partial charge in [0.1, 0.15) is 0 Å². The summed E-state index contributed by atoms with van der Waals surface area (Å²) in [5, 5.41) is 0. The number of fused-ring (bicyclic) bond motifs is 6. The maximum absolute atomic E-state index is 2.69. The number of hydrogen-bond acceptors (Lipinski definition) is 2. The van der Waals surface area contributed by atoms with E-state index in [9.17, 15) is 0 Å². The summed E-state index contributed by atoms with van der Waals surface area (Å²) in [6.07, 6.45) is 31.0. The molecule has 2 heteroatoms. The van der Waals surface area contributed by atoms with Gasteiger partial charge in [-0.25, -0.2) is 0 Å². The van der Waals surface area contributed by atoms with Crippen LogP contribution < -0.4 is 9.80 Å². The molecule has 0 saturated carbocycles. The third-order valence-electron chi connectivity index (χ3n) is 13.9. The molecule has 0 saturated heterocycles.